The average Bonchev–Trinajstić information content (AvgIpc) is 3.34. The lowest BCUT2D eigenvalue weighted by Crippen LogP contribution is -2.40. The number of rotatable bonds is 11. The molecule has 8 nitrogen and oxygen atoms in total. The number of carbonyl (C=O) groups is 1. The topological polar surface area (TPSA) is 88.4 Å². The van der Waals surface area contributed by atoms with Crippen molar-refractivity contribution < 1.29 is 23.7 Å². The van der Waals surface area contributed by atoms with Gasteiger partial charge in [0.15, 0.2) is 4.80 Å². The summed E-state index contributed by atoms with van der Waals surface area (Å²) in [4.78, 5) is 32.5. The summed E-state index contributed by atoms with van der Waals surface area (Å²) in [7, 11) is 3.10. The van der Waals surface area contributed by atoms with Crippen LogP contribution in [0.25, 0.3) is 6.08 Å². The first kappa shape index (κ1) is 30.6. The molecule has 0 aliphatic carbocycles. The fraction of sp³-hybridized carbons (Fsp3) is 0.229. The second-order valence-electron chi connectivity index (χ2n) is 10.0. The van der Waals surface area contributed by atoms with Crippen molar-refractivity contribution in [2.45, 2.75) is 32.9 Å². The molecule has 0 saturated carbocycles. The number of fused-ring (bicyclic) bond motifs is 1. The Morgan fingerprint density at radius 1 is 1.05 bits per heavy atom. The Balaban J connectivity index is 1.60. The van der Waals surface area contributed by atoms with Crippen LogP contribution in [-0.4, -0.2) is 31.4 Å². The molecule has 1 aromatic heterocycles. The van der Waals surface area contributed by atoms with E-state index in [1.54, 1.807) is 43.7 Å². The summed E-state index contributed by atoms with van der Waals surface area (Å²) in [6.07, 6.45) is 4.26. The number of methoxy groups -OCH3 is 2. The third-order valence-electron chi connectivity index (χ3n) is 7.24. The van der Waals surface area contributed by atoms with E-state index in [-0.39, 0.29) is 17.7 Å². The van der Waals surface area contributed by atoms with Crippen LogP contribution in [0.3, 0.4) is 0 Å². The molecule has 4 aromatic rings. The molecule has 0 saturated heterocycles. The van der Waals surface area contributed by atoms with Crippen LogP contribution in [0.15, 0.2) is 100 Å². The Morgan fingerprint density at radius 3 is 2.55 bits per heavy atom. The van der Waals surface area contributed by atoms with E-state index in [9.17, 15) is 9.59 Å². The number of esters is 1. The SMILES string of the molecule is C=CCc1cc(/C=c2/sc3n(c2=O)[C@H](c2ccc(OC)cc2OC)C(C(=O)OCC)=C(C)N=3)ccc1OCc1ccccc1. The lowest BCUT2D eigenvalue weighted by atomic mass is 9.95. The fourth-order valence-electron chi connectivity index (χ4n) is 5.16. The van der Waals surface area contributed by atoms with Gasteiger partial charge in [0.2, 0.25) is 0 Å². The van der Waals surface area contributed by atoms with Crippen molar-refractivity contribution in [2.24, 2.45) is 4.99 Å². The lowest BCUT2D eigenvalue weighted by molar-refractivity contribution is -0.139. The van der Waals surface area contributed by atoms with E-state index in [2.05, 4.69) is 11.6 Å². The molecule has 226 valence electrons. The van der Waals surface area contributed by atoms with Gasteiger partial charge in [-0.2, -0.15) is 0 Å². The van der Waals surface area contributed by atoms with E-state index in [0.717, 1.165) is 22.4 Å². The molecule has 1 aliphatic heterocycles. The monoisotopic (exact) mass is 610 g/mol. The fourth-order valence-corrected chi connectivity index (χ4v) is 6.21. The van der Waals surface area contributed by atoms with Gasteiger partial charge in [0.1, 0.15) is 29.9 Å². The van der Waals surface area contributed by atoms with Gasteiger partial charge in [-0.25, -0.2) is 9.79 Å². The Bertz CT molecular complexity index is 1910. The summed E-state index contributed by atoms with van der Waals surface area (Å²) in [5.74, 6) is 1.28. The first-order valence-corrected chi connectivity index (χ1v) is 15.0. The highest BCUT2D eigenvalue weighted by Crippen LogP contribution is 2.37. The largest absolute Gasteiger partial charge is 0.497 e. The quantitative estimate of drug-likeness (QED) is 0.173. The van der Waals surface area contributed by atoms with E-state index in [1.807, 2.05) is 60.7 Å². The van der Waals surface area contributed by atoms with Gasteiger partial charge < -0.3 is 18.9 Å². The third kappa shape index (κ3) is 6.23. The minimum Gasteiger partial charge on any atom is -0.497 e. The van der Waals surface area contributed by atoms with Gasteiger partial charge in [-0.05, 0) is 67.3 Å². The molecule has 44 heavy (non-hydrogen) atoms. The number of nitrogens with zero attached hydrogens (tertiary/aromatic N) is 2. The zero-order valence-corrected chi connectivity index (χ0v) is 26.0. The van der Waals surface area contributed by atoms with E-state index >= 15 is 0 Å². The van der Waals surface area contributed by atoms with E-state index < -0.39 is 12.0 Å². The number of hydrogen-bond donors (Lipinski definition) is 0. The molecule has 0 fully saturated rings. The van der Waals surface area contributed by atoms with Gasteiger partial charge in [0.05, 0.1) is 36.6 Å². The molecule has 0 bridgehead atoms. The normalized spacial score (nSPS) is 14.5. The van der Waals surface area contributed by atoms with E-state index in [0.29, 0.717) is 45.1 Å². The predicted molar refractivity (Wildman–Crippen MR) is 171 cm³/mol. The van der Waals surface area contributed by atoms with Crippen molar-refractivity contribution in [3.63, 3.8) is 0 Å². The Kier molecular flexibility index (Phi) is 9.45. The highest BCUT2D eigenvalue weighted by molar-refractivity contribution is 7.07. The number of ether oxygens (including phenoxy) is 4. The molecule has 1 aliphatic rings. The average molecular weight is 611 g/mol. The molecule has 0 N–H and O–H groups in total. The van der Waals surface area contributed by atoms with Crippen LogP contribution in [0.4, 0.5) is 0 Å². The number of aromatic nitrogens is 1. The van der Waals surface area contributed by atoms with Gasteiger partial charge in [0.25, 0.3) is 5.56 Å². The maximum atomic E-state index is 14.1. The molecular formula is C35H34N2O6S. The van der Waals surface area contributed by atoms with Gasteiger partial charge in [-0.1, -0.05) is 53.8 Å². The molecule has 0 spiro atoms. The minimum atomic E-state index is -0.807. The van der Waals surface area contributed by atoms with Gasteiger partial charge in [-0.3, -0.25) is 9.36 Å². The minimum absolute atomic E-state index is 0.185. The van der Waals surface area contributed by atoms with Crippen LogP contribution >= 0.6 is 11.3 Å². The molecule has 9 heteroatoms. The summed E-state index contributed by atoms with van der Waals surface area (Å²) in [6.45, 7) is 8.02. The highest BCUT2D eigenvalue weighted by atomic mass is 32.1. The number of carbonyl (C=O) groups excluding carboxylic acids is 1. The van der Waals surface area contributed by atoms with Crippen LogP contribution in [0, 0.1) is 0 Å². The van der Waals surface area contributed by atoms with Crippen molar-refractivity contribution in [3.8, 4) is 17.2 Å². The summed E-state index contributed by atoms with van der Waals surface area (Å²) in [5, 5.41) is 0. The number of benzene rings is 3. The summed E-state index contributed by atoms with van der Waals surface area (Å²) in [5.41, 5.74) is 3.96. The van der Waals surface area contributed by atoms with Crippen LogP contribution in [-0.2, 0) is 22.6 Å². The smallest absolute Gasteiger partial charge is 0.338 e. The standard InChI is InChI=1S/C35H34N2O6S/c1-6-11-25-18-24(14-17-28(25)43-21-23-12-9-8-10-13-23)19-30-33(38)37-32(27-16-15-26(40-4)20-29(27)41-5)31(34(39)42-7-2)22(3)36-35(37)44-30/h6,8-10,12-20,32H,1,7,11,21H2,2-5H3/b30-19+/t32-/m1/s1. The summed E-state index contributed by atoms with van der Waals surface area (Å²) in [6, 6.07) is 20.3. The van der Waals surface area contributed by atoms with Crippen LogP contribution in [0.1, 0.15) is 42.1 Å². The molecule has 5 rings (SSSR count). The Labute approximate surface area is 259 Å². The molecule has 0 radical (unpaired) electrons. The molecule has 2 heterocycles. The molecule has 3 aromatic carbocycles. The van der Waals surface area contributed by atoms with Crippen molar-refractivity contribution in [2.75, 3.05) is 20.8 Å². The first-order valence-electron chi connectivity index (χ1n) is 14.2. The Hall–Kier alpha value is -4.89. The van der Waals surface area contributed by atoms with Crippen molar-refractivity contribution in [1.82, 2.24) is 4.57 Å². The van der Waals surface area contributed by atoms with E-state index in [4.69, 9.17) is 18.9 Å². The second-order valence-corrected chi connectivity index (χ2v) is 11.1. The second kappa shape index (κ2) is 13.6. The predicted octanol–water partition coefficient (Wildman–Crippen LogP) is 5.12. The van der Waals surface area contributed by atoms with Gasteiger partial charge >= 0.3 is 5.97 Å². The summed E-state index contributed by atoms with van der Waals surface area (Å²) >= 11 is 1.26. The van der Waals surface area contributed by atoms with E-state index in [1.165, 1.54) is 18.4 Å². The first-order chi connectivity index (χ1) is 21.4. The number of allylic oxidation sites excluding steroid dienone is 2. The number of hydrogen-bond acceptors (Lipinski definition) is 8. The van der Waals surface area contributed by atoms with Crippen LogP contribution in [0.5, 0.6) is 17.2 Å². The molecule has 1 atom stereocenters. The van der Waals surface area contributed by atoms with Crippen molar-refractivity contribution >= 4 is 23.4 Å². The highest BCUT2D eigenvalue weighted by Gasteiger charge is 2.35. The van der Waals surface area contributed by atoms with Crippen LogP contribution in [0.2, 0.25) is 0 Å². The maximum absolute atomic E-state index is 14.1. The zero-order chi connectivity index (χ0) is 31.2. The van der Waals surface area contributed by atoms with Crippen LogP contribution < -0.4 is 29.1 Å². The summed E-state index contributed by atoms with van der Waals surface area (Å²) < 4.78 is 24.6. The lowest BCUT2D eigenvalue weighted by Gasteiger charge is -2.26. The van der Waals surface area contributed by atoms with Gasteiger partial charge in [-0.15, -0.1) is 6.58 Å². The van der Waals surface area contributed by atoms with Crippen molar-refractivity contribution in [1.29, 1.82) is 0 Å². The zero-order valence-electron chi connectivity index (χ0n) is 25.2. The molecule has 0 unspecified atom stereocenters. The molecular weight excluding hydrogens is 576 g/mol. The Morgan fingerprint density at radius 2 is 1.84 bits per heavy atom. The van der Waals surface area contributed by atoms with Crippen molar-refractivity contribution in [3.05, 3.63) is 133 Å². The molecule has 0 amide bonds. The van der Waals surface area contributed by atoms with Gasteiger partial charge in [0, 0.05) is 11.6 Å². The maximum Gasteiger partial charge on any atom is 0.338 e. The number of thiazole rings is 1. The third-order valence-corrected chi connectivity index (χ3v) is 8.22.